The molecular weight excluding hydrogens is 412 g/mol. The molecule has 1 heterocycles. The Labute approximate surface area is 186 Å². The van der Waals surface area contributed by atoms with Crippen LogP contribution in [0, 0.1) is 17.8 Å². The van der Waals surface area contributed by atoms with Gasteiger partial charge in [0.1, 0.15) is 5.75 Å². The van der Waals surface area contributed by atoms with Gasteiger partial charge in [0.25, 0.3) is 5.91 Å². The number of hydrogen-bond donors (Lipinski definition) is 1. The molecule has 0 radical (unpaired) electrons. The smallest absolute Gasteiger partial charge is 0.387 e. The third-order valence-electron chi connectivity index (χ3n) is 5.69. The van der Waals surface area contributed by atoms with Crippen molar-refractivity contribution >= 4 is 11.9 Å². The number of halogens is 2. The zero-order chi connectivity index (χ0) is 23.0. The summed E-state index contributed by atoms with van der Waals surface area (Å²) in [6, 6.07) is 12.2. The lowest BCUT2D eigenvalue weighted by atomic mass is 9.81. The van der Waals surface area contributed by atoms with Gasteiger partial charge in [0, 0.05) is 18.5 Å². The number of ether oxygens (including phenoxy) is 1. The van der Waals surface area contributed by atoms with Crippen LogP contribution in [0.3, 0.4) is 0 Å². The number of amides is 1. The maximum atomic E-state index is 13.5. The normalized spacial score (nSPS) is 20.4. The van der Waals surface area contributed by atoms with Crippen LogP contribution in [0.2, 0.25) is 0 Å². The van der Waals surface area contributed by atoms with Gasteiger partial charge >= 0.3 is 6.61 Å². The summed E-state index contributed by atoms with van der Waals surface area (Å²) >= 11 is 0. The summed E-state index contributed by atoms with van der Waals surface area (Å²) in [4.78, 5) is 19.4. The van der Waals surface area contributed by atoms with E-state index in [4.69, 9.17) is 10.5 Å². The maximum absolute atomic E-state index is 13.5. The first-order valence-electron chi connectivity index (χ1n) is 10.6. The van der Waals surface area contributed by atoms with Crippen molar-refractivity contribution in [1.82, 2.24) is 4.90 Å². The fraction of sp³-hybridized carbons (Fsp3) is 0.360. The molecule has 0 spiro atoms. The van der Waals surface area contributed by atoms with E-state index in [9.17, 15) is 13.6 Å². The lowest BCUT2D eigenvalue weighted by Gasteiger charge is -2.27. The minimum atomic E-state index is -2.92. The molecule has 1 aliphatic heterocycles. The molecule has 7 heteroatoms. The highest BCUT2D eigenvalue weighted by molar-refractivity contribution is 6.09. The molecule has 0 bridgehead atoms. The highest BCUT2D eigenvalue weighted by atomic mass is 19.3. The summed E-state index contributed by atoms with van der Waals surface area (Å²) in [5.74, 6) is 6.49. The fourth-order valence-electron chi connectivity index (χ4n) is 3.92. The summed E-state index contributed by atoms with van der Waals surface area (Å²) in [6.45, 7) is 1.08. The van der Waals surface area contributed by atoms with Crippen LogP contribution in [0.15, 0.2) is 47.5 Å². The number of nitrogens with two attached hydrogens (primary N) is 1. The van der Waals surface area contributed by atoms with Crippen molar-refractivity contribution in [2.45, 2.75) is 44.8 Å². The number of benzene rings is 2. The molecule has 5 nitrogen and oxygen atoms in total. The lowest BCUT2D eigenvalue weighted by Crippen LogP contribution is -2.41. The molecule has 1 aliphatic carbocycles. The van der Waals surface area contributed by atoms with Crippen LogP contribution in [-0.2, 0) is 10.3 Å². The van der Waals surface area contributed by atoms with Gasteiger partial charge < -0.3 is 10.5 Å². The number of carbonyl (C=O) groups is 1. The topological polar surface area (TPSA) is 67.9 Å². The molecule has 1 amide bonds. The number of alkyl halides is 2. The van der Waals surface area contributed by atoms with E-state index in [0.717, 1.165) is 18.4 Å². The molecule has 0 saturated heterocycles. The molecule has 166 valence electrons. The Kier molecular flexibility index (Phi) is 5.64. The Morgan fingerprint density at radius 1 is 1.19 bits per heavy atom. The van der Waals surface area contributed by atoms with Gasteiger partial charge in [-0.15, -0.1) is 0 Å². The largest absolute Gasteiger partial charge is 0.435 e. The minimum Gasteiger partial charge on any atom is -0.435 e. The summed E-state index contributed by atoms with van der Waals surface area (Å²) in [7, 11) is 1.57. The molecule has 2 aromatic carbocycles. The van der Waals surface area contributed by atoms with Crippen LogP contribution in [0.5, 0.6) is 5.75 Å². The molecule has 2 N–H and O–H groups in total. The summed E-state index contributed by atoms with van der Waals surface area (Å²) < 4.78 is 30.6. The predicted octanol–water partition coefficient (Wildman–Crippen LogP) is 4.20. The molecule has 32 heavy (non-hydrogen) atoms. The van der Waals surface area contributed by atoms with Crippen LogP contribution in [0.1, 0.15) is 54.9 Å². The third kappa shape index (κ3) is 3.93. The summed E-state index contributed by atoms with van der Waals surface area (Å²) in [5.41, 5.74) is 7.25. The van der Waals surface area contributed by atoms with Gasteiger partial charge in [-0.05, 0) is 59.7 Å². The van der Waals surface area contributed by atoms with Crippen LogP contribution >= 0.6 is 0 Å². The quantitative estimate of drug-likeness (QED) is 0.713. The van der Waals surface area contributed by atoms with Gasteiger partial charge in [0.15, 0.2) is 11.5 Å². The average molecular weight is 437 g/mol. The Hall–Kier alpha value is -3.40. The monoisotopic (exact) mass is 437 g/mol. The summed E-state index contributed by atoms with van der Waals surface area (Å²) in [6.07, 6.45) is 1.77. The number of likely N-dealkylation sites (N-methyl/N-ethyl adjacent to an activating group) is 1. The lowest BCUT2D eigenvalue weighted by molar-refractivity contribution is -0.129. The Morgan fingerprint density at radius 3 is 2.50 bits per heavy atom. The number of aliphatic imine (C=N–C) groups is 1. The number of guanidine groups is 1. The van der Waals surface area contributed by atoms with E-state index in [1.165, 1.54) is 11.0 Å². The SMILES string of the molecule is CC(C)C#Cc1cccc([C@]2(c3ccc(OC(F)F)c(C4CC4)c3)N=C(N)N(C)C2=O)c1. The van der Waals surface area contributed by atoms with Crippen LogP contribution in [0.4, 0.5) is 8.78 Å². The second-order valence-corrected chi connectivity index (χ2v) is 8.45. The predicted molar refractivity (Wildman–Crippen MR) is 118 cm³/mol. The van der Waals surface area contributed by atoms with Gasteiger partial charge in [0.05, 0.1) is 0 Å². The van der Waals surface area contributed by atoms with E-state index < -0.39 is 12.2 Å². The molecule has 0 unspecified atom stereocenters. The van der Waals surface area contributed by atoms with Gasteiger partial charge in [-0.1, -0.05) is 43.9 Å². The third-order valence-corrected chi connectivity index (χ3v) is 5.69. The first-order chi connectivity index (χ1) is 15.2. The summed E-state index contributed by atoms with van der Waals surface area (Å²) in [5, 5.41) is 0. The van der Waals surface area contributed by atoms with Gasteiger partial charge in [-0.25, -0.2) is 4.99 Å². The van der Waals surface area contributed by atoms with Crippen LogP contribution < -0.4 is 10.5 Å². The Balaban J connectivity index is 1.89. The van der Waals surface area contributed by atoms with E-state index in [1.807, 2.05) is 38.1 Å². The number of nitrogens with zero attached hydrogens (tertiary/aromatic N) is 2. The molecule has 2 aliphatic rings. The molecular formula is C25H25F2N3O2. The second-order valence-electron chi connectivity index (χ2n) is 8.45. The second kappa shape index (κ2) is 8.27. The van der Waals surface area contributed by atoms with E-state index in [2.05, 4.69) is 16.8 Å². The molecule has 2 aromatic rings. The minimum absolute atomic E-state index is 0.0922. The first kappa shape index (κ1) is 21.8. The van der Waals surface area contributed by atoms with Crippen molar-refractivity contribution in [3.63, 3.8) is 0 Å². The van der Waals surface area contributed by atoms with Crippen LogP contribution in [-0.4, -0.2) is 30.4 Å². The van der Waals surface area contributed by atoms with E-state index in [0.29, 0.717) is 16.7 Å². The van der Waals surface area contributed by atoms with E-state index >= 15 is 0 Å². The number of rotatable bonds is 5. The number of hydrogen-bond acceptors (Lipinski definition) is 4. The van der Waals surface area contributed by atoms with Crippen molar-refractivity contribution < 1.29 is 18.3 Å². The Morgan fingerprint density at radius 2 is 1.91 bits per heavy atom. The molecule has 4 rings (SSSR count). The average Bonchev–Trinajstić information content (AvgIpc) is 3.57. The van der Waals surface area contributed by atoms with Crippen molar-refractivity contribution in [1.29, 1.82) is 0 Å². The van der Waals surface area contributed by atoms with Crippen molar-refractivity contribution in [2.75, 3.05) is 7.05 Å². The molecule has 1 saturated carbocycles. The molecule has 1 atom stereocenters. The first-order valence-corrected chi connectivity index (χ1v) is 10.6. The van der Waals surface area contributed by atoms with Gasteiger partial charge in [0.2, 0.25) is 0 Å². The zero-order valence-corrected chi connectivity index (χ0v) is 18.2. The van der Waals surface area contributed by atoms with Crippen LogP contribution in [0.25, 0.3) is 0 Å². The van der Waals surface area contributed by atoms with E-state index in [-0.39, 0.29) is 29.5 Å². The van der Waals surface area contributed by atoms with Gasteiger partial charge in [-0.3, -0.25) is 9.69 Å². The fourth-order valence-corrected chi connectivity index (χ4v) is 3.92. The van der Waals surface area contributed by atoms with Crippen molar-refractivity contribution in [3.8, 4) is 17.6 Å². The van der Waals surface area contributed by atoms with Gasteiger partial charge in [-0.2, -0.15) is 8.78 Å². The van der Waals surface area contributed by atoms with E-state index in [1.54, 1.807) is 19.2 Å². The van der Waals surface area contributed by atoms with Crippen molar-refractivity contribution in [2.24, 2.45) is 16.6 Å². The molecule has 1 fully saturated rings. The molecule has 0 aromatic heterocycles. The van der Waals surface area contributed by atoms with Crippen molar-refractivity contribution in [3.05, 3.63) is 64.7 Å². The maximum Gasteiger partial charge on any atom is 0.387 e. The zero-order valence-electron chi connectivity index (χ0n) is 18.2. The highest BCUT2D eigenvalue weighted by Crippen LogP contribution is 2.48. The standard InChI is InChI=1S/C25H25F2N3O2/c1-15(2)7-8-16-5-4-6-18(13-16)25(22(31)30(3)24(28)29-25)19-11-12-21(32-23(26)27)20(14-19)17-9-10-17/h4-6,11-15,17,23H,9-10H2,1-3H3,(H2,28,29)/t25-/m1/s1. The number of carbonyl (C=O) groups excluding carboxylic acids is 1. The highest BCUT2D eigenvalue weighted by Gasteiger charge is 2.50. The Bertz CT molecular complexity index is 1150.